The number of carboxylic acid groups (broad SMARTS) is 1. The van der Waals surface area contributed by atoms with Crippen LogP contribution in [0.15, 0.2) is 30.3 Å². The van der Waals surface area contributed by atoms with E-state index in [4.69, 9.17) is 5.11 Å². The van der Waals surface area contributed by atoms with Gasteiger partial charge in [-0.15, -0.1) is 11.3 Å². The zero-order chi connectivity index (χ0) is 13.8. The Kier molecular flexibility index (Phi) is 4.16. The summed E-state index contributed by atoms with van der Waals surface area (Å²) in [6.45, 7) is 2.57. The lowest BCUT2D eigenvalue weighted by Crippen LogP contribution is -2.03. The highest BCUT2D eigenvalue weighted by Crippen LogP contribution is 2.21. The molecule has 0 amide bonds. The van der Waals surface area contributed by atoms with Crippen molar-refractivity contribution in [3.63, 3.8) is 0 Å². The number of carbonyl (C=O) groups is 1. The topological polar surface area (TPSA) is 49.3 Å². The zero-order valence-corrected chi connectivity index (χ0v) is 11.3. The van der Waals surface area contributed by atoms with Crippen LogP contribution in [0.25, 0.3) is 0 Å². The molecule has 0 atom stereocenters. The molecule has 0 aliphatic carbocycles. The van der Waals surface area contributed by atoms with Crippen LogP contribution in [0.3, 0.4) is 0 Å². The maximum Gasteiger partial charge on any atom is 0.335 e. The second-order valence-electron chi connectivity index (χ2n) is 4.07. The number of thiophene rings is 1. The van der Waals surface area contributed by atoms with E-state index in [9.17, 15) is 9.18 Å². The van der Waals surface area contributed by atoms with Gasteiger partial charge in [-0.3, -0.25) is 0 Å². The summed E-state index contributed by atoms with van der Waals surface area (Å²) in [5.41, 5.74) is 0.288. The van der Waals surface area contributed by atoms with Crippen molar-refractivity contribution in [1.82, 2.24) is 0 Å². The summed E-state index contributed by atoms with van der Waals surface area (Å²) in [7, 11) is 0. The predicted octanol–water partition coefficient (Wildman–Crippen LogP) is 3.76. The summed E-state index contributed by atoms with van der Waals surface area (Å²) in [5.74, 6) is -1.51. The number of halogens is 1. The maximum absolute atomic E-state index is 13.6. The van der Waals surface area contributed by atoms with Crippen LogP contribution in [0.2, 0.25) is 0 Å². The van der Waals surface area contributed by atoms with Gasteiger partial charge in [0.1, 0.15) is 5.82 Å². The molecule has 0 unspecified atom stereocenters. The summed E-state index contributed by atoms with van der Waals surface area (Å²) in [4.78, 5) is 13.2. The van der Waals surface area contributed by atoms with Gasteiger partial charge in [0, 0.05) is 16.3 Å². The van der Waals surface area contributed by atoms with E-state index in [0.29, 0.717) is 6.54 Å². The van der Waals surface area contributed by atoms with E-state index in [1.165, 1.54) is 17.0 Å². The maximum atomic E-state index is 13.6. The van der Waals surface area contributed by atoms with Crippen LogP contribution in [0, 0.1) is 5.82 Å². The average Bonchev–Trinajstić information content (AvgIpc) is 2.85. The molecule has 100 valence electrons. The Bertz CT molecular complexity index is 595. The van der Waals surface area contributed by atoms with Crippen LogP contribution in [-0.2, 0) is 13.0 Å². The molecule has 0 fully saturated rings. The molecule has 0 aliphatic heterocycles. The minimum absolute atomic E-state index is 0.0735. The second-order valence-corrected chi connectivity index (χ2v) is 5.33. The van der Waals surface area contributed by atoms with Gasteiger partial charge in [-0.2, -0.15) is 0 Å². The first-order valence-electron chi connectivity index (χ1n) is 5.94. The summed E-state index contributed by atoms with van der Waals surface area (Å²) in [6, 6.07) is 7.77. The van der Waals surface area contributed by atoms with Crippen LogP contribution in [0.4, 0.5) is 10.1 Å². The van der Waals surface area contributed by atoms with E-state index in [0.717, 1.165) is 17.4 Å². The normalized spacial score (nSPS) is 10.4. The number of aromatic carboxylic acids is 1. The van der Waals surface area contributed by atoms with Crippen molar-refractivity contribution in [2.75, 3.05) is 5.32 Å². The number of carboxylic acids is 1. The molecule has 0 aliphatic rings. The minimum atomic E-state index is -1.06. The fourth-order valence-corrected chi connectivity index (χ4v) is 2.58. The Morgan fingerprint density at radius 3 is 2.68 bits per heavy atom. The lowest BCUT2D eigenvalue weighted by molar-refractivity contribution is 0.0697. The third-order valence-corrected chi connectivity index (χ3v) is 3.96. The van der Waals surface area contributed by atoms with E-state index >= 15 is 0 Å². The molecule has 2 N–H and O–H groups in total. The quantitative estimate of drug-likeness (QED) is 0.876. The molecule has 2 rings (SSSR count). The van der Waals surface area contributed by atoms with Crippen molar-refractivity contribution >= 4 is 23.0 Å². The first-order valence-corrected chi connectivity index (χ1v) is 6.76. The number of nitrogens with one attached hydrogen (secondary N) is 1. The highest BCUT2D eigenvalue weighted by atomic mass is 32.1. The third kappa shape index (κ3) is 3.32. The van der Waals surface area contributed by atoms with E-state index in [-0.39, 0.29) is 11.3 Å². The average molecular weight is 279 g/mol. The molecule has 0 saturated carbocycles. The molecular formula is C14H14FNO2S. The van der Waals surface area contributed by atoms with Crippen LogP contribution in [0.5, 0.6) is 0 Å². The van der Waals surface area contributed by atoms with E-state index < -0.39 is 11.8 Å². The van der Waals surface area contributed by atoms with Crippen molar-refractivity contribution in [2.45, 2.75) is 19.9 Å². The number of rotatable bonds is 5. The lowest BCUT2D eigenvalue weighted by Gasteiger charge is -2.07. The first-order chi connectivity index (χ1) is 9.10. The van der Waals surface area contributed by atoms with E-state index in [2.05, 4.69) is 12.2 Å². The molecule has 0 spiro atoms. The molecule has 1 aromatic heterocycles. The summed E-state index contributed by atoms with van der Waals surface area (Å²) < 4.78 is 13.6. The van der Waals surface area contributed by atoms with Crippen LogP contribution in [0.1, 0.15) is 27.0 Å². The molecule has 0 bridgehead atoms. The fourth-order valence-electron chi connectivity index (χ4n) is 1.68. The third-order valence-electron chi connectivity index (χ3n) is 2.73. The zero-order valence-electron chi connectivity index (χ0n) is 10.4. The largest absolute Gasteiger partial charge is 0.478 e. The SMILES string of the molecule is CCc1ccc(CNc2cc(C(=O)O)ccc2F)s1. The molecule has 2 aromatic rings. The van der Waals surface area contributed by atoms with Gasteiger partial charge in [0.15, 0.2) is 0 Å². The van der Waals surface area contributed by atoms with Gasteiger partial charge >= 0.3 is 5.97 Å². The van der Waals surface area contributed by atoms with Crippen molar-refractivity contribution in [1.29, 1.82) is 0 Å². The van der Waals surface area contributed by atoms with Crippen LogP contribution in [-0.4, -0.2) is 11.1 Å². The molecular weight excluding hydrogens is 265 g/mol. The van der Waals surface area contributed by atoms with Gasteiger partial charge in [-0.25, -0.2) is 9.18 Å². The van der Waals surface area contributed by atoms with E-state index in [1.54, 1.807) is 11.3 Å². The number of anilines is 1. The molecule has 0 saturated heterocycles. The molecule has 5 heteroatoms. The monoisotopic (exact) mass is 279 g/mol. The summed E-state index contributed by atoms with van der Waals surface area (Å²) in [6.07, 6.45) is 0.980. The van der Waals surface area contributed by atoms with Gasteiger partial charge in [-0.05, 0) is 36.8 Å². The Balaban J connectivity index is 2.10. The standard InChI is InChI=1S/C14H14FNO2S/c1-2-10-4-5-11(19-10)8-16-13-7-9(14(17)18)3-6-12(13)15/h3-7,16H,2,8H2,1H3,(H,17,18). The van der Waals surface area contributed by atoms with Gasteiger partial charge in [-0.1, -0.05) is 6.92 Å². The first kappa shape index (κ1) is 13.5. The van der Waals surface area contributed by atoms with Crippen molar-refractivity contribution < 1.29 is 14.3 Å². The minimum Gasteiger partial charge on any atom is -0.478 e. The van der Waals surface area contributed by atoms with Gasteiger partial charge in [0.05, 0.1) is 11.3 Å². The molecule has 19 heavy (non-hydrogen) atoms. The molecule has 0 radical (unpaired) electrons. The van der Waals surface area contributed by atoms with Crippen LogP contribution < -0.4 is 5.32 Å². The Labute approximate surface area is 114 Å². The number of benzene rings is 1. The van der Waals surface area contributed by atoms with Crippen molar-refractivity contribution in [3.05, 3.63) is 51.5 Å². The van der Waals surface area contributed by atoms with E-state index in [1.807, 2.05) is 12.1 Å². The fraction of sp³-hybridized carbons (Fsp3) is 0.214. The van der Waals surface area contributed by atoms with Gasteiger partial charge in [0.2, 0.25) is 0 Å². The van der Waals surface area contributed by atoms with Crippen molar-refractivity contribution in [3.8, 4) is 0 Å². The van der Waals surface area contributed by atoms with Crippen molar-refractivity contribution in [2.24, 2.45) is 0 Å². The molecule has 3 nitrogen and oxygen atoms in total. The van der Waals surface area contributed by atoms with Crippen LogP contribution >= 0.6 is 11.3 Å². The van der Waals surface area contributed by atoms with Gasteiger partial charge < -0.3 is 10.4 Å². The lowest BCUT2D eigenvalue weighted by atomic mass is 10.2. The molecule has 1 heterocycles. The Hall–Kier alpha value is -1.88. The Morgan fingerprint density at radius 1 is 1.32 bits per heavy atom. The second kappa shape index (κ2) is 5.84. The summed E-state index contributed by atoms with van der Waals surface area (Å²) in [5, 5.41) is 11.8. The number of hydrogen-bond acceptors (Lipinski definition) is 3. The summed E-state index contributed by atoms with van der Waals surface area (Å²) >= 11 is 1.67. The number of aryl methyl sites for hydroxylation is 1. The Morgan fingerprint density at radius 2 is 2.05 bits per heavy atom. The number of hydrogen-bond donors (Lipinski definition) is 2. The van der Waals surface area contributed by atoms with Gasteiger partial charge in [0.25, 0.3) is 0 Å². The highest BCUT2D eigenvalue weighted by Gasteiger charge is 2.08. The molecule has 1 aromatic carbocycles. The predicted molar refractivity (Wildman–Crippen MR) is 74.4 cm³/mol. The highest BCUT2D eigenvalue weighted by molar-refractivity contribution is 7.12. The smallest absolute Gasteiger partial charge is 0.335 e.